The minimum Gasteiger partial charge on any atom is -0.387 e. The van der Waals surface area contributed by atoms with Crippen LogP contribution < -0.4 is 10.6 Å². The molecule has 0 amide bonds. The first-order chi connectivity index (χ1) is 11.0. The van der Waals surface area contributed by atoms with Gasteiger partial charge in [-0.25, -0.2) is 0 Å². The number of hydrogen-bond donors (Lipinski definition) is 3. The van der Waals surface area contributed by atoms with Crippen LogP contribution in [0.3, 0.4) is 0 Å². The van der Waals surface area contributed by atoms with Crippen LogP contribution in [-0.4, -0.2) is 73.5 Å². The van der Waals surface area contributed by atoms with Gasteiger partial charge in [0.1, 0.15) is 0 Å². The summed E-state index contributed by atoms with van der Waals surface area (Å²) in [4.78, 5) is 6.86. The third kappa shape index (κ3) is 7.84. The molecule has 1 aliphatic heterocycles. The molecule has 142 valence electrons. The van der Waals surface area contributed by atoms with Crippen LogP contribution in [0.2, 0.25) is 0 Å². The summed E-state index contributed by atoms with van der Waals surface area (Å²) in [5.41, 5.74) is -0.813. The Morgan fingerprint density at radius 3 is 2.67 bits per heavy atom. The van der Waals surface area contributed by atoms with Crippen LogP contribution in [0.15, 0.2) is 4.99 Å². The highest BCUT2D eigenvalue weighted by Crippen LogP contribution is 2.34. The van der Waals surface area contributed by atoms with E-state index >= 15 is 0 Å². The normalized spacial score (nSPS) is 27.1. The predicted molar refractivity (Wildman–Crippen MR) is 109 cm³/mol. The summed E-state index contributed by atoms with van der Waals surface area (Å²) in [6.45, 7) is 11.3. The van der Waals surface area contributed by atoms with Crippen molar-refractivity contribution in [3.05, 3.63) is 0 Å². The van der Waals surface area contributed by atoms with E-state index in [1.807, 2.05) is 6.92 Å². The van der Waals surface area contributed by atoms with Crippen LogP contribution >= 0.6 is 24.0 Å². The van der Waals surface area contributed by atoms with E-state index in [0.29, 0.717) is 19.1 Å². The Bertz CT molecular complexity index is 387. The SMILES string of the molecule is CCCC1CC1NC(=NCC(C)(O)CN1CCOCC1)NCC.I. The number of halogens is 1. The van der Waals surface area contributed by atoms with Crippen molar-refractivity contribution < 1.29 is 9.84 Å². The van der Waals surface area contributed by atoms with E-state index in [4.69, 9.17) is 4.74 Å². The topological polar surface area (TPSA) is 69.1 Å². The monoisotopic (exact) mass is 454 g/mol. The average molecular weight is 454 g/mol. The summed E-state index contributed by atoms with van der Waals surface area (Å²) in [6, 6.07) is 0.553. The average Bonchev–Trinajstić information content (AvgIpc) is 3.24. The highest BCUT2D eigenvalue weighted by atomic mass is 127. The molecule has 3 atom stereocenters. The van der Waals surface area contributed by atoms with Gasteiger partial charge in [0.25, 0.3) is 0 Å². The molecular weight excluding hydrogens is 419 g/mol. The minimum absolute atomic E-state index is 0. The number of nitrogens with one attached hydrogen (secondary N) is 2. The van der Waals surface area contributed by atoms with Gasteiger partial charge in [0.15, 0.2) is 5.96 Å². The van der Waals surface area contributed by atoms with Crippen LogP contribution in [-0.2, 0) is 4.74 Å². The molecule has 2 fully saturated rings. The number of rotatable bonds is 8. The Hall–Kier alpha value is -0.120. The second-order valence-corrected chi connectivity index (χ2v) is 7.12. The summed E-state index contributed by atoms with van der Waals surface area (Å²) in [7, 11) is 0. The Kier molecular flexibility index (Phi) is 9.84. The van der Waals surface area contributed by atoms with Crippen LogP contribution in [0.4, 0.5) is 0 Å². The first-order valence-electron chi connectivity index (χ1n) is 9.11. The van der Waals surface area contributed by atoms with Crippen molar-refractivity contribution in [1.82, 2.24) is 15.5 Å². The molecule has 1 saturated heterocycles. The van der Waals surface area contributed by atoms with E-state index in [1.54, 1.807) is 0 Å². The fourth-order valence-electron chi connectivity index (χ4n) is 3.15. The van der Waals surface area contributed by atoms with E-state index < -0.39 is 5.60 Å². The minimum atomic E-state index is -0.813. The summed E-state index contributed by atoms with van der Waals surface area (Å²) < 4.78 is 5.35. The van der Waals surface area contributed by atoms with Crippen molar-refractivity contribution in [3.8, 4) is 0 Å². The Balaban J connectivity index is 0.00000288. The fourth-order valence-corrected chi connectivity index (χ4v) is 3.15. The lowest BCUT2D eigenvalue weighted by Gasteiger charge is -2.33. The Labute approximate surface area is 163 Å². The third-order valence-electron chi connectivity index (χ3n) is 4.49. The third-order valence-corrected chi connectivity index (χ3v) is 4.49. The molecule has 1 heterocycles. The molecule has 0 aromatic carbocycles. The molecule has 24 heavy (non-hydrogen) atoms. The lowest BCUT2D eigenvalue weighted by Crippen LogP contribution is -2.48. The summed E-state index contributed by atoms with van der Waals surface area (Å²) in [5.74, 6) is 1.62. The van der Waals surface area contributed by atoms with Crippen molar-refractivity contribution >= 4 is 29.9 Å². The molecule has 1 saturated carbocycles. The maximum atomic E-state index is 10.6. The van der Waals surface area contributed by atoms with Gasteiger partial charge >= 0.3 is 0 Å². The van der Waals surface area contributed by atoms with E-state index in [2.05, 4.69) is 34.4 Å². The van der Waals surface area contributed by atoms with Crippen LogP contribution in [0.1, 0.15) is 40.0 Å². The Morgan fingerprint density at radius 2 is 2.04 bits per heavy atom. The first kappa shape index (κ1) is 21.9. The molecule has 6 nitrogen and oxygen atoms in total. The van der Waals surface area contributed by atoms with E-state index in [-0.39, 0.29) is 24.0 Å². The van der Waals surface area contributed by atoms with Crippen LogP contribution in [0.5, 0.6) is 0 Å². The number of morpholine rings is 1. The molecule has 0 aromatic heterocycles. The lowest BCUT2D eigenvalue weighted by molar-refractivity contribution is -0.0180. The van der Waals surface area contributed by atoms with E-state index in [9.17, 15) is 5.11 Å². The number of aliphatic hydroxyl groups is 1. The Morgan fingerprint density at radius 1 is 1.33 bits per heavy atom. The quantitative estimate of drug-likeness (QED) is 0.294. The van der Waals surface area contributed by atoms with Crippen LogP contribution in [0, 0.1) is 5.92 Å². The summed E-state index contributed by atoms with van der Waals surface area (Å²) in [5, 5.41) is 17.4. The number of ether oxygens (including phenoxy) is 1. The summed E-state index contributed by atoms with van der Waals surface area (Å²) >= 11 is 0. The van der Waals surface area contributed by atoms with Crippen molar-refractivity contribution in [3.63, 3.8) is 0 Å². The van der Waals surface area contributed by atoms with E-state index in [0.717, 1.165) is 44.7 Å². The van der Waals surface area contributed by atoms with E-state index in [1.165, 1.54) is 19.3 Å². The van der Waals surface area contributed by atoms with Crippen molar-refractivity contribution in [2.45, 2.75) is 51.7 Å². The standard InChI is InChI=1S/C17H34N4O2.HI/c1-4-6-14-11-15(14)20-16(18-5-2)19-12-17(3,22)13-21-7-9-23-10-8-21;/h14-15,22H,4-13H2,1-3H3,(H2,18,19,20);1H. The van der Waals surface area contributed by atoms with Gasteiger partial charge in [-0.15, -0.1) is 24.0 Å². The smallest absolute Gasteiger partial charge is 0.191 e. The van der Waals surface area contributed by atoms with Gasteiger partial charge in [0.2, 0.25) is 0 Å². The molecule has 2 aliphatic rings. The number of aliphatic imine (C=N–C) groups is 1. The molecule has 7 heteroatoms. The number of hydrogen-bond acceptors (Lipinski definition) is 4. The number of β-amino-alcohol motifs (C(OH)–C–C–N with tert-alkyl or cyclic N) is 1. The molecule has 0 aromatic rings. The number of nitrogens with zero attached hydrogens (tertiary/aromatic N) is 2. The van der Waals surface area contributed by atoms with Gasteiger partial charge in [-0.3, -0.25) is 9.89 Å². The van der Waals surface area contributed by atoms with Crippen LogP contribution in [0.25, 0.3) is 0 Å². The van der Waals surface area contributed by atoms with Gasteiger partial charge in [-0.1, -0.05) is 13.3 Å². The van der Waals surface area contributed by atoms with Gasteiger partial charge in [0, 0.05) is 32.2 Å². The number of guanidine groups is 1. The molecule has 3 N–H and O–H groups in total. The second-order valence-electron chi connectivity index (χ2n) is 7.12. The fraction of sp³-hybridized carbons (Fsp3) is 0.941. The maximum Gasteiger partial charge on any atom is 0.191 e. The molecule has 2 rings (SSSR count). The van der Waals surface area contributed by atoms with Crippen molar-refractivity contribution in [2.75, 3.05) is 45.9 Å². The van der Waals surface area contributed by atoms with Gasteiger partial charge in [-0.2, -0.15) is 0 Å². The largest absolute Gasteiger partial charge is 0.387 e. The maximum absolute atomic E-state index is 10.6. The van der Waals surface area contributed by atoms with Crippen molar-refractivity contribution in [2.24, 2.45) is 10.9 Å². The lowest BCUT2D eigenvalue weighted by atomic mass is 10.1. The van der Waals surface area contributed by atoms with Gasteiger partial charge in [-0.05, 0) is 32.6 Å². The van der Waals surface area contributed by atoms with Crippen molar-refractivity contribution in [1.29, 1.82) is 0 Å². The molecule has 1 aliphatic carbocycles. The molecule has 3 unspecified atom stereocenters. The zero-order valence-electron chi connectivity index (χ0n) is 15.4. The first-order valence-corrected chi connectivity index (χ1v) is 9.11. The second kappa shape index (κ2) is 10.8. The highest BCUT2D eigenvalue weighted by Gasteiger charge is 2.36. The predicted octanol–water partition coefficient (Wildman–Crippen LogP) is 1.43. The highest BCUT2D eigenvalue weighted by molar-refractivity contribution is 14.0. The zero-order valence-corrected chi connectivity index (χ0v) is 17.7. The zero-order chi connectivity index (χ0) is 16.7. The van der Waals surface area contributed by atoms with Gasteiger partial charge < -0.3 is 20.5 Å². The molecule has 0 radical (unpaired) electrons. The van der Waals surface area contributed by atoms with Gasteiger partial charge in [0.05, 0.1) is 25.4 Å². The summed E-state index contributed by atoms with van der Waals surface area (Å²) in [6.07, 6.45) is 3.76. The molecule has 0 spiro atoms. The molecule has 0 bridgehead atoms. The molecular formula is C17H35IN4O2.